The summed E-state index contributed by atoms with van der Waals surface area (Å²) in [5.74, 6) is 1.60. The average molecular weight is 598 g/mol. The number of piperidine rings is 2. The molecule has 8 nitrogen and oxygen atoms in total. The fraction of sp³-hybridized carbons (Fsp3) is 0.536. The van der Waals surface area contributed by atoms with Gasteiger partial charge in [-0.2, -0.15) is 4.31 Å². The summed E-state index contributed by atoms with van der Waals surface area (Å²) >= 11 is 12.6. The molecule has 0 aromatic heterocycles. The standard InChI is InChI=1S/C28H34Cl2N2O6S/c1-20-15-21(5-6-22(20)29)38-19-28(18-27(33)31-9-3-2-4-10-31)7-11-32(12-8-28)39(34,35)26-17-25-24(16-23(26)30)36-13-14-37-25/h5-6,15-17H,2-4,7-14,18-19H2,1H3. The van der Waals surface area contributed by atoms with Crippen molar-refractivity contribution < 1.29 is 27.4 Å². The molecule has 0 saturated carbocycles. The number of fused-ring (bicyclic) bond motifs is 1. The Balaban J connectivity index is 1.34. The molecule has 0 spiro atoms. The zero-order valence-electron chi connectivity index (χ0n) is 22.1. The predicted molar refractivity (Wildman–Crippen MR) is 150 cm³/mol. The summed E-state index contributed by atoms with van der Waals surface area (Å²) in [6, 6.07) is 8.44. The monoisotopic (exact) mass is 596 g/mol. The molecule has 39 heavy (non-hydrogen) atoms. The van der Waals surface area contributed by atoms with Crippen LogP contribution in [0.3, 0.4) is 0 Å². The van der Waals surface area contributed by atoms with Gasteiger partial charge in [0.15, 0.2) is 11.5 Å². The number of nitrogens with zero attached hydrogens (tertiary/aromatic N) is 2. The number of benzene rings is 2. The zero-order chi connectivity index (χ0) is 27.6. The number of halogens is 2. The quantitative estimate of drug-likeness (QED) is 0.430. The van der Waals surface area contributed by atoms with E-state index in [1.807, 2.05) is 24.0 Å². The van der Waals surface area contributed by atoms with Crippen LogP contribution in [0.25, 0.3) is 0 Å². The lowest BCUT2D eigenvalue weighted by Gasteiger charge is -2.42. The molecule has 0 radical (unpaired) electrons. The van der Waals surface area contributed by atoms with Crippen molar-refractivity contribution in [3.8, 4) is 17.2 Å². The first-order chi connectivity index (χ1) is 18.7. The van der Waals surface area contributed by atoms with E-state index in [-0.39, 0.29) is 28.9 Å². The van der Waals surface area contributed by atoms with Gasteiger partial charge in [-0.3, -0.25) is 4.79 Å². The van der Waals surface area contributed by atoms with Crippen LogP contribution < -0.4 is 14.2 Å². The van der Waals surface area contributed by atoms with Gasteiger partial charge in [0, 0.05) is 55.2 Å². The maximum Gasteiger partial charge on any atom is 0.244 e. The van der Waals surface area contributed by atoms with Crippen molar-refractivity contribution in [3.05, 3.63) is 45.9 Å². The molecule has 2 saturated heterocycles. The first-order valence-corrected chi connectivity index (χ1v) is 15.6. The van der Waals surface area contributed by atoms with Gasteiger partial charge in [-0.25, -0.2) is 8.42 Å². The summed E-state index contributed by atoms with van der Waals surface area (Å²) in [5.41, 5.74) is 0.412. The largest absolute Gasteiger partial charge is 0.493 e. The Morgan fingerprint density at radius 3 is 2.28 bits per heavy atom. The minimum atomic E-state index is -3.89. The van der Waals surface area contributed by atoms with Gasteiger partial charge in [0.2, 0.25) is 15.9 Å². The number of carbonyl (C=O) groups excluding carboxylic acids is 1. The van der Waals surface area contributed by atoms with E-state index in [1.165, 1.54) is 16.4 Å². The highest BCUT2D eigenvalue weighted by Gasteiger charge is 2.42. The van der Waals surface area contributed by atoms with Crippen LogP contribution in [0.2, 0.25) is 10.0 Å². The number of aryl methyl sites for hydroxylation is 1. The van der Waals surface area contributed by atoms with Crippen LogP contribution in [-0.2, 0) is 14.8 Å². The van der Waals surface area contributed by atoms with Crippen LogP contribution in [0.1, 0.15) is 44.1 Å². The van der Waals surface area contributed by atoms with E-state index in [4.69, 9.17) is 37.4 Å². The highest BCUT2D eigenvalue weighted by atomic mass is 35.5. The summed E-state index contributed by atoms with van der Waals surface area (Å²) in [6.07, 6.45) is 4.46. The molecule has 1 amide bonds. The molecule has 3 aliphatic heterocycles. The summed E-state index contributed by atoms with van der Waals surface area (Å²) in [5, 5.41) is 0.756. The second-order valence-electron chi connectivity index (χ2n) is 10.6. The summed E-state index contributed by atoms with van der Waals surface area (Å²) < 4.78 is 46.1. The fourth-order valence-electron chi connectivity index (χ4n) is 5.47. The summed E-state index contributed by atoms with van der Waals surface area (Å²) in [4.78, 5) is 15.3. The molecule has 212 valence electrons. The van der Waals surface area contributed by atoms with Gasteiger partial charge < -0.3 is 19.1 Å². The van der Waals surface area contributed by atoms with E-state index in [1.54, 1.807) is 6.07 Å². The maximum atomic E-state index is 13.6. The number of carbonyl (C=O) groups is 1. The van der Waals surface area contributed by atoms with Crippen molar-refractivity contribution in [2.45, 2.75) is 50.3 Å². The number of hydrogen-bond acceptors (Lipinski definition) is 6. The van der Waals surface area contributed by atoms with Crippen molar-refractivity contribution in [2.75, 3.05) is 46.0 Å². The number of sulfonamides is 1. The minimum absolute atomic E-state index is 0.00167. The lowest BCUT2D eigenvalue weighted by molar-refractivity contribution is -0.136. The third kappa shape index (κ3) is 6.26. The van der Waals surface area contributed by atoms with Crippen molar-refractivity contribution in [1.82, 2.24) is 9.21 Å². The Bertz CT molecular complexity index is 1320. The second-order valence-corrected chi connectivity index (χ2v) is 13.4. The normalized spacial score (nSPS) is 19.5. The van der Waals surface area contributed by atoms with Crippen LogP contribution in [-0.4, -0.2) is 69.5 Å². The number of hydrogen-bond donors (Lipinski definition) is 0. The van der Waals surface area contributed by atoms with Gasteiger partial charge in [0.25, 0.3) is 0 Å². The molecule has 5 rings (SSSR count). The Kier molecular flexibility index (Phi) is 8.52. The molecule has 3 aliphatic rings. The van der Waals surface area contributed by atoms with Crippen molar-refractivity contribution in [1.29, 1.82) is 0 Å². The highest BCUT2D eigenvalue weighted by Crippen LogP contribution is 2.42. The Morgan fingerprint density at radius 1 is 0.949 bits per heavy atom. The van der Waals surface area contributed by atoms with Crippen LogP contribution in [0, 0.1) is 12.3 Å². The fourth-order valence-corrected chi connectivity index (χ4v) is 7.54. The van der Waals surface area contributed by atoms with Crippen LogP contribution in [0.4, 0.5) is 0 Å². The molecule has 0 bridgehead atoms. The topological polar surface area (TPSA) is 85.4 Å². The number of amides is 1. The first kappa shape index (κ1) is 28.3. The first-order valence-electron chi connectivity index (χ1n) is 13.4. The van der Waals surface area contributed by atoms with Gasteiger partial charge in [-0.05, 0) is 62.8 Å². The van der Waals surface area contributed by atoms with Crippen LogP contribution in [0.5, 0.6) is 17.2 Å². The smallest absolute Gasteiger partial charge is 0.244 e. The molecule has 0 unspecified atom stereocenters. The van der Waals surface area contributed by atoms with Crippen molar-refractivity contribution in [3.63, 3.8) is 0 Å². The molecular weight excluding hydrogens is 563 g/mol. The zero-order valence-corrected chi connectivity index (χ0v) is 24.4. The van der Waals surface area contributed by atoms with E-state index in [2.05, 4.69) is 0 Å². The number of rotatable bonds is 7. The van der Waals surface area contributed by atoms with Gasteiger partial charge >= 0.3 is 0 Å². The molecule has 11 heteroatoms. The van der Waals surface area contributed by atoms with Crippen LogP contribution >= 0.6 is 23.2 Å². The Hall–Kier alpha value is -2.20. The van der Waals surface area contributed by atoms with E-state index in [9.17, 15) is 13.2 Å². The lowest BCUT2D eigenvalue weighted by Crippen LogP contribution is -2.48. The minimum Gasteiger partial charge on any atom is -0.493 e. The average Bonchev–Trinajstić information content (AvgIpc) is 2.94. The van der Waals surface area contributed by atoms with Gasteiger partial charge in [0.05, 0.1) is 11.6 Å². The summed E-state index contributed by atoms with van der Waals surface area (Å²) in [7, 11) is -3.89. The van der Waals surface area contributed by atoms with E-state index < -0.39 is 15.4 Å². The van der Waals surface area contributed by atoms with E-state index in [0.29, 0.717) is 61.4 Å². The van der Waals surface area contributed by atoms with E-state index >= 15 is 0 Å². The Morgan fingerprint density at radius 2 is 1.62 bits per heavy atom. The molecule has 0 N–H and O–H groups in total. The molecule has 3 heterocycles. The lowest BCUT2D eigenvalue weighted by atomic mass is 9.76. The number of ether oxygens (including phenoxy) is 3. The highest BCUT2D eigenvalue weighted by molar-refractivity contribution is 7.89. The molecule has 2 aromatic rings. The maximum absolute atomic E-state index is 13.6. The molecule has 2 fully saturated rings. The predicted octanol–water partition coefficient (Wildman–Crippen LogP) is 5.33. The molecular formula is C28H34Cl2N2O6S. The third-order valence-electron chi connectivity index (χ3n) is 7.91. The van der Waals surface area contributed by atoms with Gasteiger partial charge in [0.1, 0.15) is 23.9 Å². The van der Waals surface area contributed by atoms with Gasteiger partial charge in [-0.1, -0.05) is 23.2 Å². The SMILES string of the molecule is Cc1cc(OCC2(CC(=O)N3CCCCC3)CCN(S(=O)(=O)c3cc4c(cc3Cl)OCCO4)CC2)ccc1Cl. The number of likely N-dealkylation sites (tertiary alicyclic amines) is 1. The van der Waals surface area contributed by atoms with Crippen molar-refractivity contribution in [2.24, 2.45) is 5.41 Å². The molecule has 0 aliphatic carbocycles. The van der Waals surface area contributed by atoms with Gasteiger partial charge in [-0.15, -0.1) is 0 Å². The second kappa shape index (κ2) is 11.7. The van der Waals surface area contributed by atoms with Crippen molar-refractivity contribution >= 4 is 39.1 Å². The van der Waals surface area contributed by atoms with Crippen LogP contribution in [0.15, 0.2) is 35.2 Å². The Labute approximate surface area is 240 Å². The molecule has 2 aromatic carbocycles. The summed E-state index contributed by atoms with van der Waals surface area (Å²) in [6.45, 7) is 5.01. The van der Waals surface area contributed by atoms with E-state index in [0.717, 1.165) is 37.9 Å². The molecule has 0 atom stereocenters. The third-order valence-corrected chi connectivity index (χ3v) is 10.7.